The van der Waals surface area contributed by atoms with Gasteiger partial charge in [0.15, 0.2) is 0 Å². The highest BCUT2D eigenvalue weighted by Gasteiger charge is 2.51. The van der Waals surface area contributed by atoms with Crippen LogP contribution in [0.4, 0.5) is 0 Å². The van der Waals surface area contributed by atoms with Gasteiger partial charge in [-0.25, -0.2) is 4.79 Å². The minimum absolute atomic E-state index is 0. The first kappa shape index (κ1) is 13.6. The predicted octanol–water partition coefficient (Wildman–Crippen LogP) is 0.228. The monoisotopic (exact) mass is 284 g/mol. The summed E-state index contributed by atoms with van der Waals surface area (Å²) in [5.74, 6) is -0.809. The van der Waals surface area contributed by atoms with Crippen molar-refractivity contribution in [3.8, 4) is 0 Å². The molecule has 0 unspecified atom stereocenters. The lowest BCUT2D eigenvalue weighted by atomic mass is 10.0. The van der Waals surface area contributed by atoms with Crippen LogP contribution in [-0.2, 0) is 9.59 Å². The molecule has 0 bridgehead atoms. The van der Waals surface area contributed by atoms with Crippen molar-refractivity contribution in [1.82, 2.24) is 4.90 Å². The number of hydrogen-bond acceptors (Lipinski definition) is 4. The number of nitrogens with two attached hydrogens (primary N) is 1. The molecule has 2 aliphatic rings. The number of β-lactam (4-membered cyclic amide) rings is 1. The summed E-state index contributed by atoms with van der Waals surface area (Å²) in [6.45, 7) is 0. The number of carboxylic acid groups (broad SMARTS) is 1. The second-order valence-corrected chi connectivity index (χ2v) is 4.70. The zero-order chi connectivity index (χ0) is 11.2. The van der Waals surface area contributed by atoms with Crippen molar-refractivity contribution in [1.29, 1.82) is 0 Å². The number of amides is 1. The number of rotatable bonds is 2. The summed E-state index contributed by atoms with van der Waals surface area (Å²) >= 11 is 7.09. The average molecular weight is 285 g/mol. The minimum atomic E-state index is -1.11. The third-order valence-corrected chi connectivity index (χ3v) is 4.14. The maximum absolute atomic E-state index is 11.4. The van der Waals surface area contributed by atoms with E-state index >= 15 is 0 Å². The molecule has 8 heteroatoms. The van der Waals surface area contributed by atoms with Gasteiger partial charge < -0.3 is 10.8 Å². The van der Waals surface area contributed by atoms with Crippen LogP contribution in [0.15, 0.2) is 11.3 Å². The molecule has 1 fully saturated rings. The summed E-state index contributed by atoms with van der Waals surface area (Å²) < 4.78 is 0. The number of hydrogen-bond donors (Lipinski definition) is 2. The van der Waals surface area contributed by atoms with Crippen LogP contribution >= 0.6 is 35.8 Å². The fraction of sp³-hybridized carbons (Fsp3) is 0.500. The normalized spacial score (nSPS) is 28.1. The molecule has 2 aliphatic heterocycles. The van der Waals surface area contributed by atoms with Crippen LogP contribution < -0.4 is 5.73 Å². The lowest BCUT2D eigenvalue weighted by Gasteiger charge is -2.47. The Morgan fingerprint density at radius 1 is 1.69 bits per heavy atom. The van der Waals surface area contributed by atoms with E-state index < -0.39 is 12.0 Å². The van der Waals surface area contributed by atoms with Gasteiger partial charge in [0.05, 0.1) is 0 Å². The first-order valence-electron chi connectivity index (χ1n) is 4.29. The molecule has 0 aliphatic carbocycles. The van der Waals surface area contributed by atoms with Crippen molar-refractivity contribution < 1.29 is 14.7 Å². The maximum atomic E-state index is 11.4. The first-order valence-corrected chi connectivity index (χ1v) is 5.87. The second-order valence-electron chi connectivity index (χ2n) is 3.33. The van der Waals surface area contributed by atoms with E-state index in [4.69, 9.17) is 22.4 Å². The molecule has 0 aromatic heterocycles. The standard InChI is InChI=1S/C8H9ClN2O3S.ClH/c9-1-3-2-15-7-4(10)6(12)11(7)5(3)8(13)14;/h4,7H,1-2,10H2,(H,13,14);1H/t4-,7-;/m1./s1. The number of carbonyl (C=O) groups excluding carboxylic acids is 1. The molecule has 5 nitrogen and oxygen atoms in total. The van der Waals surface area contributed by atoms with Crippen LogP contribution in [0.5, 0.6) is 0 Å². The van der Waals surface area contributed by atoms with Gasteiger partial charge in [-0.15, -0.1) is 35.8 Å². The molecule has 90 valence electrons. The number of alkyl halides is 1. The largest absolute Gasteiger partial charge is 0.477 e. The highest BCUT2D eigenvalue weighted by molar-refractivity contribution is 8.00. The molecular weight excluding hydrogens is 275 g/mol. The van der Waals surface area contributed by atoms with Crippen LogP contribution in [0, 0.1) is 0 Å². The number of nitrogens with zero attached hydrogens (tertiary/aromatic N) is 1. The Hall–Kier alpha value is -0.430. The summed E-state index contributed by atoms with van der Waals surface area (Å²) in [4.78, 5) is 23.7. The van der Waals surface area contributed by atoms with Crippen molar-refractivity contribution in [2.24, 2.45) is 5.73 Å². The van der Waals surface area contributed by atoms with E-state index in [1.54, 1.807) is 0 Å². The fourth-order valence-corrected chi connectivity index (χ4v) is 3.31. The number of carbonyl (C=O) groups is 2. The first-order chi connectivity index (χ1) is 7.07. The van der Waals surface area contributed by atoms with Gasteiger partial charge in [0.25, 0.3) is 0 Å². The zero-order valence-electron chi connectivity index (χ0n) is 8.05. The molecule has 2 atom stereocenters. The fourth-order valence-electron chi connectivity index (χ4n) is 1.68. The van der Waals surface area contributed by atoms with Gasteiger partial charge in [-0.1, -0.05) is 0 Å². The summed E-state index contributed by atoms with van der Waals surface area (Å²) in [6, 6.07) is -0.582. The van der Waals surface area contributed by atoms with Crippen molar-refractivity contribution >= 4 is 47.6 Å². The molecule has 0 spiro atoms. The van der Waals surface area contributed by atoms with E-state index in [1.165, 1.54) is 16.7 Å². The van der Waals surface area contributed by atoms with E-state index in [2.05, 4.69) is 0 Å². The van der Waals surface area contributed by atoms with E-state index in [0.29, 0.717) is 11.3 Å². The lowest BCUT2D eigenvalue weighted by Crippen LogP contribution is -2.68. The number of carboxylic acids is 1. The second kappa shape index (κ2) is 4.83. The summed E-state index contributed by atoms with van der Waals surface area (Å²) in [6.07, 6.45) is 0. The molecule has 0 aromatic carbocycles. The predicted molar refractivity (Wildman–Crippen MR) is 63.7 cm³/mol. The average Bonchev–Trinajstić information content (AvgIpc) is 2.25. The number of halogens is 2. The van der Waals surface area contributed by atoms with Gasteiger partial charge >= 0.3 is 5.97 Å². The Bertz CT molecular complexity index is 374. The van der Waals surface area contributed by atoms with Crippen molar-refractivity contribution in [2.45, 2.75) is 11.4 Å². The maximum Gasteiger partial charge on any atom is 0.352 e. The third kappa shape index (κ3) is 1.79. The van der Waals surface area contributed by atoms with E-state index in [0.717, 1.165) is 0 Å². The van der Waals surface area contributed by atoms with Gasteiger partial charge in [-0.05, 0) is 5.57 Å². The van der Waals surface area contributed by atoms with Gasteiger partial charge in [0.2, 0.25) is 5.91 Å². The van der Waals surface area contributed by atoms with Gasteiger partial charge in [-0.2, -0.15) is 0 Å². The number of aliphatic carboxylic acids is 1. The van der Waals surface area contributed by atoms with Crippen LogP contribution in [0.1, 0.15) is 0 Å². The van der Waals surface area contributed by atoms with Crippen LogP contribution in [0.25, 0.3) is 0 Å². The van der Waals surface area contributed by atoms with Gasteiger partial charge in [0, 0.05) is 11.6 Å². The van der Waals surface area contributed by atoms with Crippen molar-refractivity contribution in [2.75, 3.05) is 11.6 Å². The van der Waals surface area contributed by atoms with E-state index in [9.17, 15) is 9.59 Å². The molecule has 0 saturated carbocycles. The number of thioether (sulfide) groups is 1. The van der Waals surface area contributed by atoms with Crippen molar-refractivity contribution in [3.63, 3.8) is 0 Å². The minimum Gasteiger partial charge on any atom is -0.477 e. The Balaban J connectivity index is 0.00000128. The summed E-state index contributed by atoms with van der Waals surface area (Å²) in [5.41, 5.74) is 6.15. The quantitative estimate of drug-likeness (QED) is 0.560. The van der Waals surface area contributed by atoms with Crippen LogP contribution in [0.3, 0.4) is 0 Å². The van der Waals surface area contributed by atoms with Crippen molar-refractivity contribution in [3.05, 3.63) is 11.3 Å². The van der Waals surface area contributed by atoms with Crippen LogP contribution in [0.2, 0.25) is 0 Å². The molecule has 1 amide bonds. The lowest BCUT2D eigenvalue weighted by molar-refractivity contribution is -0.147. The molecule has 0 radical (unpaired) electrons. The Morgan fingerprint density at radius 3 is 2.81 bits per heavy atom. The molecule has 2 rings (SSSR count). The van der Waals surface area contributed by atoms with Gasteiger partial charge in [-0.3, -0.25) is 9.69 Å². The smallest absolute Gasteiger partial charge is 0.352 e. The summed E-state index contributed by atoms with van der Waals surface area (Å²) in [5, 5.41) is 8.77. The third-order valence-electron chi connectivity index (χ3n) is 2.45. The molecular formula is C8H10Cl2N2O3S. The summed E-state index contributed by atoms with van der Waals surface area (Å²) in [7, 11) is 0. The Kier molecular flexibility index (Phi) is 4.12. The molecule has 16 heavy (non-hydrogen) atoms. The molecule has 1 saturated heterocycles. The molecule has 2 heterocycles. The number of fused-ring (bicyclic) bond motifs is 1. The van der Waals surface area contributed by atoms with E-state index in [1.807, 2.05) is 0 Å². The SMILES string of the molecule is Cl.N[C@@H]1C(=O)N2C(C(=O)O)=C(CCl)CS[C@H]12. The molecule has 0 aromatic rings. The van der Waals surface area contributed by atoms with E-state index in [-0.39, 0.29) is 35.3 Å². The molecule has 3 N–H and O–H groups in total. The van der Waals surface area contributed by atoms with Crippen LogP contribution in [-0.4, -0.2) is 44.9 Å². The topological polar surface area (TPSA) is 83.6 Å². The van der Waals surface area contributed by atoms with Gasteiger partial charge in [0.1, 0.15) is 17.1 Å². The highest BCUT2D eigenvalue weighted by atomic mass is 35.5. The Morgan fingerprint density at radius 2 is 2.31 bits per heavy atom. The highest BCUT2D eigenvalue weighted by Crippen LogP contribution is 2.39. The zero-order valence-corrected chi connectivity index (χ0v) is 10.4. The Labute approximate surface area is 107 Å².